The third-order valence-corrected chi connectivity index (χ3v) is 2.61. The van der Waals surface area contributed by atoms with Crippen molar-refractivity contribution in [2.24, 2.45) is 0 Å². The highest BCUT2D eigenvalue weighted by molar-refractivity contribution is 5.76. The fourth-order valence-corrected chi connectivity index (χ4v) is 1.81. The first-order valence-corrected chi connectivity index (χ1v) is 5.61. The van der Waals surface area contributed by atoms with Crippen LogP contribution in [0.2, 0.25) is 0 Å². The molecule has 92 valence electrons. The molecule has 0 saturated carbocycles. The molecule has 17 heavy (non-hydrogen) atoms. The van der Waals surface area contributed by atoms with Gasteiger partial charge in [0.05, 0.1) is 6.54 Å². The Balaban J connectivity index is 1.83. The number of aryl methyl sites for hydroxylation is 1. The second kappa shape index (κ2) is 4.95. The minimum Gasteiger partial charge on any atom is -0.508 e. The summed E-state index contributed by atoms with van der Waals surface area (Å²) in [4.78, 5) is 12.9. The van der Waals surface area contributed by atoms with Crippen LogP contribution in [0.1, 0.15) is 5.56 Å². The third-order valence-electron chi connectivity index (χ3n) is 2.61. The van der Waals surface area contributed by atoms with Gasteiger partial charge in [-0.1, -0.05) is 0 Å². The van der Waals surface area contributed by atoms with Crippen molar-refractivity contribution in [3.63, 3.8) is 0 Å². The number of urea groups is 1. The number of carbonyl (C=O) groups excluding carboxylic acids is 1. The molecular formula is C12H16N2O3. The molecule has 1 aliphatic heterocycles. The van der Waals surface area contributed by atoms with Crippen molar-refractivity contribution in [1.29, 1.82) is 0 Å². The Kier molecular flexibility index (Phi) is 3.37. The lowest BCUT2D eigenvalue weighted by atomic mass is 10.2. The van der Waals surface area contributed by atoms with Crippen molar-refractivity contribution in [3.8, 4) is 11.5 Å². The number of nitrogens with zero attached hydrogens (tertiary/aromatic N) is 1. The average molecular weight is 236 g/mol. The zero-order valence-electron chi connectivity index (χ0n) is 9.77. The summed E-state index contributed by atoms with van der Waals surface area (Å²) in [6.45, 7) is 4.29. The van der Waals surface area contributed by atoms with Gasteiger partial charge < -0.3 is 20.1 Å². The van der Waals surface area contributed by atoms with E-state index in [1.54, 1.807) is 17.0 Å². The lowest BCUT2D eigenvalue weighted by Gasteiger charge is -2.14. The fraction of sp³-hybridized carbons (Fsp3) is 0.417. The van der Waals surface area contributed by atoms with Gasteiger partial charge in [0.15, 0.2) is 0 Å². The van der Waals surface area contributed by atoms with E-state index in [0.29, 0.717) is 25.4 Å². The first kappa shape index (κ1) is 11.6. The molecule has 2 N–H and O–H groups in total. The van der Waals surface area contributed by atoms with Gasteiger partial charge in [0, 0.05) is 19.2 Å². The van der Waals surface area contributed by atoms with E-state index in [1.807, 2.05) is 13.0 Å². The number of aromatic hydroxyl groups is 1. The Morgan fingerprint density at radius 3 is 2.94 bits per heavy atom. The van der Waals surface area contributed by atoms with Crippen LogP contribution in [-0.4, -0.2) is 42.3 Å². The maximum Gasteiger partial charge on any atom is 0.317 e. The molecule has 1 aliphatic rings. The molecule has 0 atom stereocenters. The summed E-state index contributed by atoms with van der Waals surface area (Å²) in [5, 5.41) is 12.1. The van der Waals surface area contributed by atoms with Crippen LogP contribution in [0.3, 0.4) is 0 Å². The minimum absolute atomic E-state index is 0.0410. The maximum atomic E-state index is 11.2. The predicted molar refractivity (Wildman–Crippen MR) is 63.3 cm³/mol. The van der Waals surface area contributed by atoms with Crippen LogP contribution < -0.4 is 10.1 Å². The molecular weight excluding hydrogens is 220 g/mol. The Morgan fingerprint density at radius 2 is 2.29 bits per heavy atom. The first-order valence-electron chi connectivity index (χ1n) is 5.61. The van der Waals surface area contributed by atoms with Crippen molar-refractivity contribution in [2.45, 2.75) is 6.92 Å². The molecule has 2 rings (SSSR count). The number of ether oxygens (including phenoxy) is 1. The highest BCUT2D eigenvalue weighted by Gasteiger charge is 2.18. The van der Waals surface area contributed by atoms with Gasteiger partial charge in [-0.15, -0.1) is 0 Å². The SMILES string of the molecule is Cc1cc(O)cc(OCCN2CCNC2=O)c1. The lowest BCUT2D eigenvalue weighted by molar-refractivity contribution is 0.202. The first-order chi connectivity index (χ1) is 8.15. The molecule has 1 aromatic rings. The number of rotatable bonds is 4. The van der Waals surface area contributed by atoms with Gasteiger partial charge in [-0.05, 0) is 24.6 Å². The molecule has 1 heterocycles. The van der Waals surface area contributed by atoms with E-state index in [-0.39, 0.29) is 11.8 Å². The van der Waals surface area contributed by atoms with Crippen molar-refractivity contribution in [1.82, 2.24) is 10.2 Å². The van der Waals surface area contributed by atoms with Gasteiger partial charge in [-0.25, -0.2) is 4.79 Å². The Morgan fingerprint density at radius 1 is 1.47 bits per heavy atom. The van der Waals surface area contributed by atoms with Gasteiger partial charge in [-0.2, -0.15) is 0 Å². The van der Waals surface area contributed by atoms with Crippen LogP contribution in [0.15, 0.2) is 18.2 Å². The number of carbonyl (C=O) groups is 1. The van der Waals surface area contributed by atoms with Crippen molar-refractivity contribution < 1.29 is 14.6 Å². The number of phenolic OH excluding ortho intramolecular Hbond substituents is 1. The summed E-state index contributed by atoms with van der Waals surface area (Å²) in [5.41, 5.74) is 0.943. The van der Waals surface area contributed by atoms with Gasteiger partial charge >= 0.3 is 6.03 Å². The van der Waals surface area contributed by atoms with E-state index < -0.39 is 0 Å². The van der Waals surface area contributed by atoms with E-state index in [2.05, 4.69) is 5.32 Å². The molecule has 1 saturated heterocycles. The molecule has 0 radical (unpaired) electrons. The van der Waals surface area contributed by atoms with Gasteiger partial charge in [0.25, 0.3) is 0 Å². The zero-order chi connectivity index (χ0) is 12.3. The maximum absolute atomic E-state index is 11.2. The predicted octanol–water partition coefficient (Wildman–Crippen LogP) is 1.10. The molecule has 0 spiro atoms. The van der Waals surface area contributed by atoms with Crippen molar-refractivity contribution in [3.05, 3.63) is 23.8 Å². The molecule has 0 unspecified atom stereocenters. The molecule has 5 heteroatoms. The number of hydrogen-bond acceptors (Lipinski definition) is 3. The van der Waals surface area contributed by atoms with E-state index in [1.165, 1.54) is 0 Å². The lowest BCUT2D eigenvalue weighted by Crippen LogP contribution is -2.31. The van der Waals surface area contributed by atoms with Gasteiger partial charge in [0.1, 0.15) is 18.1 Å². The van der Waals surface area contributed by atoms with E-state index in [9.17, 15) is 9.90 Å². The summed E-state index contributed by atoms with van der Waals surface area (Å²) < 4.78 is 5.50. The smallest absolute Gasteiger partial charge is 0.317 e. The van der Waals surface area contributed by atoms with Crippen molar-refractivity contribution >= 4 is 6.03 Å². The molecule has 5 nitrogen and oxygen atoms in total. The molecule has 1 aromatic carbocycles. The highest BCUT2D eigenvalue weighted by atomic mass is 16.5. The largest absolute Gasteiger partial charge is 0.508 e. The monoisotopic (exact) mass is 236 g/mol. The fourth-order valence-electron chi connectivity index (χ4n) is 1.81. The number of nitrogens with one attached hydrogen (secondary N) is 1. The summed E-state index contributed by atoms with van der Waals surface area (Å²) in [5.74, 6) is 0.820. The topological polar surface area (TPSA) is 61.8 Å². The van der Waals surface area contributed by atoms with Crippen LogP contribution in [0.4, 0.5) is 4.79 Å². The molecule has 0 aliphatic carbocycles. The molecule has 0 aromatic heterocycles. The van der Waals surface area contributed by atoms with Crippen molar-refractivity contribution in [2.75, 3.05) is 26.2 Å². The minimum atomic E-state index is -0.0410. The zero-order valence-corrected chi connectivity index (χ0v) is 9.77. The Bertz CT molecular complexity index is 400. The molecule has 0 bridgehead atoms. The van der Waals surface area contributed by atoms with Crippen LogP contribution in [0.5, 0.6) is 11.5 Å². The normalized spacial score (nSPS) is 14.9. The second-order valence-electron chi connectivity index (χ2n) is 4.07. The number of benzene rings is 1. The summed E-state index contributed by atoms with van der Waals surface area (Å²) in [6.07, 6.45) is 0. The Labute approximate surface area is 100.0 Å². The van der Waals surface area contributed by atoms with Gasteiger partial charge in [-0.3, -0.25) is 0 Å². The van der Waals surface area contributed by atoms with Crippen LogP contribution in [0.25, 0.3) is 0 Å². The van der Waals surface area contributed by atoms with Crippen LogP contribution in [0, 0.1) is 6.92 Å². The molecule has 2 amide bonds. The Hall–Kier alpha value is -1.91. The third kappa shape index (κ3) is 3.03. The van der Waals surface area contributed by atoms with E-state index in [4.69, 9.17) is 4.74 Å². The van der Waals surface area contributed by atoms with E-state index in [0.717, 1.165) is 12.1 Å². The number of amides is 2. The summed E-state index contributed by atoms with van der Waals surface area (Å²) in [6, 6.07) is 5.04. The van der Waals surface area contributed by atoms with E-state index >= 15 is 0 Å². The van der Waals surface area contributed by atoms with Gasteiger partial charge in [0.2, 0.25) is 0 Å². The second-order valence-corrected chi connectivity index (χ2v) is 4.07. The standard InChI is InChI=1S/C12H16N2O3/c1-9-6-10(15)8-11(7-9)17-5-4-14-3-2-13-12(14)16/h6-8,15H,2-5H2,1H3,(H,13,16). The number of hydrogen-bond donors (Lipinski definition) is 2. The van der Waals surface area contributed by atoms with Crippen LogP contribution in [-0.2, 0) is 0 Å². The molecule has 1 fully saturated rings. The summed E-state index contributed by atoms with van der Waals surface area (Å²) in [7, 11) is 0. The highest BCUT2D eigenvalue weighted by Crippen LogP contribution is 2.21. The number of phenols is 1. The average Bonchev–Trinajstić information content (AvgIpc) is 2.63. The quantitative estimate of drug-likeness (QED) is 0.823. The van der Waals surface area contributed by atoms with Crippen LogP contribution >= 0.6 is 0 Å². The summed E-state index contributed by atoms with van der Waals surface area (Å²) >= 11 is 0.